The van der Waals surface area contributed by atoms with Gasteiger partial charge in [-0.05, 0) is 57.6 Å². The molecular weight excluding hydrogens is 695 g/mol. The van der Waals surface area contributed by atoms with Crippen LogP contribution in [0.1, 0.15) is 0 Å². The van der Waals surface area contributed by atoms with E-state index in [1.807, 2.05) is 36.4 Å². The Bertz CT molecular complexity index is 3110. The van der Waals surface area contributed by atoms with Gasteiger partial charge < -0.3 is 0 Å². The molecule has 57 heavy (non-hydrogen) atoms. The van der Waals surface area contributed by atoms with Crippen molar-refractivity contribution < 1.29 is 0 Å². The molecule has 1 aliphatic rings. The van der Waals surface area contributed by atoms with Crippen LogP contribution in [-0.2, 0) is 0 Å². The summed E-state index contributed by atoms with van der Waals surface area (Å²) in [6.45, 7) is 0. The van der Waals surface area contributed by atoms with Crippen LogP contribution in [-0.4, -0.2) is 24.5 Å². The second kappa shape index (κ2) is 13.5. The summed E-state index contributed by atoms with van der Waals surface area (Å²) in [4.78, 5) is 20.4. The number of benzene rings is 8. The number of hydrogen-bond acceptors (Lipinski definition) is 4. The van der Waals surface area contributed by atoms with E-state index in [0.717, 1.165) is 67.1 Å². The molecule has 0 spiro atoms. The first-order valence-corrected chi connectivity index (χ1v) is 19.1. The van der Waals surface area contributed by atoms with E-state index in [1.54, 1.807) is 0 Å². The second-order valence-corrected chi connectivity index (χ2v) is 14.3. The lowest BCUT2D eigenvalue weighted by Gasteiger charge is -2.13. The molecule has 8 aromatic carbocycles. The van der Waals surface area contributed by atoms with Crippen LogP contribution in [0.15, 0.2) is 200 Å². The SMILES string of the molecule is c1ccc(-c2cccc(-c3nc(-c4ccccc4)nc(-c4cccc(-c5ccc(-c6nc7cccc8c7n6-c6ccccc6-c6ccccc6-8)cc5)c4)n3)c2)cc1. The van der Waals surface area contributed by atoms with Crippen LogP contribution in [0, 0.1) is 0 Å². The van der Waals surface area contributed by atoms with Crippen LogP contribution in [0.25, 0.3) is 107 Å². The van der Waals surface area contributed by atoms with Gasteiger partial charge in [0.2, 0.25) is 0 Å². The molecule has 0 fully saturated rings. The molecule has 0 bridgehead atoms. The van der Waals surface area contributed by atoms with E-state index in [2.05, 4.69) is 168 Å². The Hall–Kier alpha value is -7.76. The van der Waals surface area contributed by atoms with Crippen LogP contribution in [0.4, 0.5) is 0 Å². The standard InChI is InChI=1S/C52H33N5/c1-3-14-34(15-4-1)38-18-11-20-40(32-38)50-54-49(36-16-5-2-6-17-36)55-51(56-50)41-21-12-19-39(33-41)35-28-30-37(31-29-35)52-53-46-26-13-25-45-43-23-8-7-22-42(43)44-24-9-10-27-47(44)57(52)48(45)46/h1-33H. The van der Waals surface area contributed by atoms with Crippen molar-refractivity contribution in [3.05, 3.63) is 200 Å². The molecule has 1 aliphatic heterocycles. The average molecular weight is 728 g/mol. The number of aromatic nitrogens is 5. The van der Waals surface area contributed by atoms with Crippen LogP contribution in [0.5, 0.6) is 0 Å². The van der Waals surface area contributed by atoms with Gasteiger partial charge in [-0.1, -0.05) is 176 Å². The molecule has 0 saturated heterocycles. The fourth-order valence-corrected chi connectivity index (χ4v) is 8.09. The monoisotopic (exact) mass is 727 g/mol. The Morgan fingerprint density at radius 1 is 0.281 bits per heavy atom. The first kappa shape index (κ1) is 32.7. The van der Waals surface area contributed by atoms with Gasteiger partial charge in [-0.2, -0.15) is 0 Å². The molecule has 2 aromatic heterocycles. The van der Waals surface area contributed by atoms with Crippen molar-refractivity contribution in [2.75, 3.05) is 0 Å². The fourth-order valence-electron chi connectivity index (χ4n) is 8.09. The summed E-state index contributed by atoms with van der Waals surface area (Å²) in [5, 5.41) is 0. The van der Waals surface area contributed by atoms with Gasteiger partial charge in [-0.25, -0.2) is 19.9 Å². The molecule has 0 atom stereocenters. The summed E-state index contributed by atoms with van der Waals surface area (Å²) in [5.41, 5.74) is 16.3. The Morgan fingerprint density at radius 3 is 1.37 bits per heavy atom. The molecule has 5 nitrogen and oxygen atoms in total. The first-order chi connectivity index (χ1) is 28.2. The predicted octanol–water partition coefficient (Wildman–Crippen LogP) is 12.9. The Balaban J connectivity index is 0.990. The highest BCUT2D eigenvalue weighted by Crippen LogP contribution is 2.45. The quantitative estimate of drug-likeness (QED) is 0.171. The Morgan fingerprint density at radius 2 is 0.719 bits per heavy atom. The molecule has 0 N–H and O–H groups in total. The molecule has 11 rings (SSSR count). The van der Waals surface area contributed by atoms with E-state index >= 15 is 0 Å². The number of fused-ring (bicyclic) bond motifs is 5. The lowest BCUT2D eigenvalue weighted by molar-refractivity contribution is 1.07. The molecule has 0 aliphatic carbocycles. The predicted molar refractivity (Wildman–Crippen MR) is 232 cm³/mol. The van der Waals surface area contributed by atoms with Crippen LogP contribution >= 0.6 is 0 Å². The molecular formula is C52H33N5. The number of rotatable bonds is 6. The molecule has 10 aromatic rings. The summed E-state index contributed by atoms with van der Waals surface area (Å²) < 4.78 is 2.34. The Labute approximate surface area is 330 Å². The minimum Gasteiger partial charge on any atom is -0.291 e. The third-order valence-electron chi connectivity index (χ3n) is 10.8. The van der Waals surface area contributed by atoms with Gasteiger partial charge in [0.05, 0.1) is 16.7 Å². The van der Waals surface area contributed by atoms with E-state index in [4.69, 9.17) is 19.9 Å². The maximum Gasteiger partial charge on any atom is 0.164 e. The summed E-state index contributed by atoms with van der Waals surface area (Å²) in [7, 11) is 0. The molecule has 0 unspecified atom stereocenters. The van der Waals surface area contributed by atoms with Gasteiger partial charge >= 0.3 is 0 Å². The highest BCUT2D eigenvalue weighted by molar-refractivity contribution is 6.03. The molecule has 5 heteroatoms. The van der Waals surface area contributed by atoms with Crippen LogP contribution in [0.2, 0.25) is 0 Å². The van der Waals surface area contributed by atoms with Crippen molar-refractivity contribution in [1.29, 1.82) is 0 Å². The summed E-state index contributed by atoms with van der Waals surface area (Å²) in [6, 6.07) is 69.8. The van der Waals surface area contributed by atoms with E-state index in [-0.39, 0.29) is 0 Å². The van der Waals surface area contributed by atoms with Crippen molar-refractivity contribution in [3.63, 3.8) is 0 Å². The molecule has 3 heterocycles. The minimum atomic E-state index is 0.622. The van der Waals surface area contributed by atoms with Gasteiger partial charge in [-0.3, -0.25) is 4.57 Å². The fraction of sp³-hybridized carbons (Fsp3) is 0. The van der Waals surface area contributed by atoms with Gasteiger partial charge in [0.25, 0.3) is 0 Å². The molecule has 266 valence electrons. The number of hydrogen-bond donors (Lipinski definition) is 0. The maximum absolute atomic E-state index is 5.25. The second-order valence-electron chi connectivity index (χ2n) is 14.3. The summed E-state index contributed by atoms with van der Waals surface area (Å²) in [6.07, 6.45) is 0. The smallest absolute Gasteiger partial charge is 0.164 e. The Kier molecular flexibility index (Phi) is 7.74. The zero-order valence-corrected chi connectivity index (χ0v) is 30.8. The van der Waals surface area contributed by atoms with E-state index in [1.165, 1.54) is 22.3 Å². The van der Waals surface area contributed by atoms with Crippen molar-refractivity contribution in [3.8, 4) is 95.7 Å². The van der Waals surface area contributed by atoms with Crippen LogP contribution < -0.4 is 0 Å². The first-order valence-electron chi connectivity index (χ1n) is 19.1. The van der Waals surface area contributed by atoms with Gasteiger partial charge in [0, 0.05) is 33.4 Å². The molecule has 0 saturated carbocycles. The third-order valence-corrected chi connectivity index (χ3v) is 10.8. The topological polar surface area (TPSA) is 56.5 Å². The normalized spacial score (nSPS) is 11.5. The van der Waals surface area contributed by atoms with Gasteiger partial charge in [0.1, 0.15) is 5.82 Å². The lowest BCUT2D eigenvalue weighted by Crippen LogP contribution is -2.00. The van der Waals surface area contributed by atoms with Gasteiger partial charge in [0.15, 0.2) is 17.5 Å². The average Bonchev–Trinajstić information content (AvgIpc) is 3.64. The zero-order chi connectivity index (χ0) is 37.7. The van der Waals surface area contributed by atoms with E-state index < -0.39 is 0 Å². The van der Waals surface area contributed by atoms with Crippen LogP contribution in [0.3, 0.4) is 0 Å². The van der Waals surface area contributed by atoms with E-state index in [0.29, 0.717) is 17.5 Å². The van der Waals surface area contributed by atoms with Crippen molar-refractivity contribution in [1.82, 2.24) is 24.5 Å². The van der Waals surface area contributed by atoms with Crippen molar-refractivity contribution in [2.45, 2.75) is 0 Å². The third kappa shape index (κ3) is 5.72. The number of nitrogens with zero attached hydrogens (tertiary/aromatic N) is 5. The van der Waals surface area contributed by atoms with E-state index in [9.17, 15) is 0 Å². The van der Waals surface area contributed by atoms with Crippen molar-refractivity contribution >= 4 is 11.0 Å². The van der Waals surface area contributed by atoms with Crippen molar-refractivity contribution in [2.24, 2.45) is 0 Å². The number of imidazole rings is 1. The lowest BCUT2D eigenvalue weighted by atomic mass is 9.94. The highest BCUT2D eigenvalue weighted by atomic mass is 15.1. The van der Waals surface area contributed by atoms with Gasteiger partial charge in [-0.15, -0.1) is 0 Å². The zero-order valence-electron chi connectivity index (χ0n) is 30.8. The number of para-hydroxylation sites is 2. The maximum atomic E-state index is 5.25. The molecule has 0 radical (unpaired) electrons. The molecule has 0 amide bonds. The highest BCUT2D eigenvalue weighted by Gasteiger charge is 2.25. The minimum absolute atomic E-state index is 0.622. The largest absolute Gasteiger partial charge is 0.291 e. The summed E-state index contributed by atoms with van der Waals surface area (Å²) >= 11 is 0. The summed E-state index contributed by atoms with van der Waals surface area (Å²) in [5.74, 6) is 2.80.